The van der Waals surface area contributed by atoms with Crippen LogP contribution in [0.2, 0.25) is 0 Å². The van der Waals surface area contributed by atoms with Crippen LogP contribution < -0.4 is 5.32 Å². The minimum atomic E-state index is 0.563. The molecule has 0 saturated heterocycles. The zero-order valence-corrected chi connectivity index (χ0v) is 12.9. The van der Waals surface area contributed by atoms with E-state index in [2.05, 4.69) is 44.1 Å². The molecule has 1 aromatic rings. The maximum Gasteiger partial charge on any atom is 0.0302 e. The molecule has 0 spiro atoms. The molecule has 1 heterocycles. The molecule has 2 rings (SSSR count). The molecule has 1 saturated carbocycles. The number of thiophene rings is 1. The average Bonchev–Trinajstić information content (AvgIpc) is 2.54. The molecular formula is C15H26N2S. The van der Waals surface area contributed by atoms with Gasteiger partial charge in [0.2, 0.25) is 0 Å². The summed E-state index contributed by atoms with van der Waals surface area (Å²) in [6, 6.07) is 3.79. The van der Waals surface area contributed by atoms with Gasteiger partial charge in [-0.25, -0.2) is 0 Å². The van der Waals surface area contributed by atoms with Gasteiger partial charge in [0.1, 0.15) is 0 Å². The van der Waals surface area contributed by atoms with Crippen molar-refractivity contribution in [3.8, 4) is 0 Å². The molecule has 0 atom stereocenters. The van der Waals surface area contributed by atoms with Crippen LogP contribution in [0.3, 0.4) is 0 Å². The minimum Gasteiger partial charge on any atom is -0.310 e. The Hall–Kier alpha value is -0.380. The van der Waals surface area contributed by atoms with E-state index in [0.717, 1.165) is 19.1 Å². The third kappa shape index (κ3) is 3.56. The predicted octanol–water partition coefficient (Wildman–Crippen LogP) is 3.54. The summed E-state index contributed by atoms with van der Waals surface area (Å²) in [6.07, 6.45) is 4.20. The Kier molecular flexibility index (Phi) is 4.82. The van der Waals surface area contributed by atoms with Gasteiger partial charge in [0.15, 0.2) is 0 Å². The summed E-state index contributed by atoms with van der Waals surface area (Å²) in [5.41, 5.74) is 1.52. The normalized spacial score (nSPS) is 16.6. The second-order valence-corrected chi connectivity index (χ2v) is 7.17. The van der Waals surface area contributed by atoms with Crippen LogP contribution in [-0.2, 0) is 13.1 Å². The van der Waals surface area contributed by atoms with E-state index in [4.69, 9.17) is 0 Å². The van der Waals surface area contributed by atoms with Gasteiger partial charge >= 0.3 is 0 Å². The van der Waals surface area contributed by atoms with Gasteiger partial charge in [-0.1, -0.05) is 20.3 Å². The largest absolute Gasteiger partial charge is 0.310 e. The predicted molar refractivity (Wildman–Crippen MR) is 80.1 cm³/mol. The fraction of sp³-hybridized carbons (Fsp3) is 0.733. The van der Waals surface area contributed by atoms with Crippen molar-refractivity contribution in [3.05, 3.63) is 21.4 Å². The Labute approximate surface area is 115 Å². The summed E-state index contributed by atoms with van der Waals surface area (Å²) in [4.78, 5) is 5.48. The highest BCUT2D eigenvalue weighted by atomic mass is 32.1. The van der Waals surface area contributed by atoms with Crippen molar-refractivity contribution in [2.45, 2.75) is 65.2 Å². The van der Waals surface area contributed by atoms with Crippen LogP contribution in [0, 0.1) is 6.92 Å². The van der Waals surface area contributed by atoms with Crippen LogP contribution in [0.1, 0.15) is 48.4 Å². The first-order chi connectivity index (χ1) is 8.56. The highest BCUT2D eigenvalue weighted by molar-refractivity contribution is 7.12. The van der Waals surface area contributed by atoms with E-state index in [-0.39, 0.29) is 0 Å². The Morgan fingerprint density at radius 3 is 2.72 bits per heavy atom. The lowest BCUT2D eigenvalue weighted by atomic mass is 9.91. The number of rotatable bonds is 6. The quantitative estimate of drug-likeness (QED) is 0.847. The van der Waals surface area contributed by atoms with Gasteiger partial charge in [-0.15, -0.1) is 11.3 Å². The number of nitrogens with zero attached hydrogens (tertiary/aromatic N) is 1. The number of hydrogen-bond donors (Lipinski definition) is 1. The van der Waals surface area contributed by atoms with Crippen LogP contribution in [0.4, 0.5) is 0 Å². The van der Waals surface area contributed by atoms with Crippen LogP contribution in [0.15, 0.2) is 6.07 Å². The van der Waals surface area contributed by atoms with Crippen molar-refractivity contribution < 1.29 is 0 Å². The molecule has 3 heteroatoms. The standard InChI is InChI=1S/C15H26N2S/c1-11(2)16-9-15-8-13(12(3)18-15)10-17(4)14-6-5-7-14/h8,11,14,16H,5-7,9-10H2,1-4H3. The van der Waals surface area contributed by atoms with Gasteiger partial charge in [0, 0.05) is 34.9 Å². The number of hydrogen-bond acceptors (Lipinski definition) is 3. The maximum absolute atomic E-state index is 3.50. The van der Waals surface area contributed by atoms with Crippen molar-refractivity contribution in [2.24, 2.45) is 0 Å². The Morgan fingerprint density at radius 2 is 2.17 bits per heavy atom. The highest BCUT2D eigenvalue weighted by Gasteiger charge is 2.22. The molecule has 0 aliphatic heterocycles. The lowest BCUT2D eigenvalue weighted by molar-refractivity contribution is 0.152. The second-order valence-electron chi connectivity index (χ2n) is 5.83. The monoisotopic (exact) mass is 266 g/mol. The van der Waals surface area contributed by atoms with Gasteiger partial charge in [-0.05, 0) is 38.4 Å². The fourth-order valence-corrected chi connectivity index (χ4v) is 3.37. The second kappa shape index (κ2) is 6.18. The van der Waals surface area contributed by atoms with E-state index in [1.807, 2.05) is 11.3 Å². The van der Waals surface area contributed by atoms with Gasteiger partial charge in [-0.3, -0.25) is 4.90 Å². The molecule has 1 aliphatic carbocycles. The van der Waals surface area contributed by atoms with Crippen molar-refractivity contribution in [2.75, 3.05) is 7.05 Å². The lowest BCUT2D eigenvalue weighted by Gasteiger charge is -2.34. The van der Waals surface area contributed by atoms with E-state index >= 15 is 0 Å². The highest BCUT2D eigenvalue weighted by Crippen LogP contribution is 2.28. The summed E-state index contributed by atoms with van der Waals surface area (Å²) in [5, 5.41) is 3.50. The molecule has 1 aliphatic rings. The SMILES string of the molecule is Cc1sc(CNC(C)C)cc1CN(C)C1CCC1. The van der Waals surface area contributed by atoms with Crippen molar-refractivity contribution in [1.29, 1.82) is 0 Å². The molecule has 102 valence electrons. The lowest BCUT2D eigenvalue weighted by Crippen LogP contribution is -2.36. The van der Waals surface area contributed by atoms with Crippen molar-refractivity contribution >= 4 is 11.3 Å². The first kappa shape index (κ1) is 14.0. The Morgan fingerprint density at radius 1 is 1.44 bits per heavy atom. The van der Waals surface area contributed by atoms with Crippen LogP contribution >= 0.6 is 11.3 Å². The van der Waals surface area contributed by atoms with E-state index in [1.54, 1.807) is 0 Å². The Balaban J connectivity index is 1.91. The molecule has 2 nitrogen and oxygen atoms in total. The van der Waals surface area contributed by atoms with E-state index in [1.165, 1.54) is 34.6 Å². The minimum absolute atomic E-state index is 0.563. The smallest absolute Gasteiger partial charge is 0.0302 e. The maximum atomic E-state index is 3.50. The molecule has 18 heavy (non-hydrogen) atoms. The van der Waals surface area contributed by atoms with Gasteiger partial charge in [0.25, 0.3) is 0 Å². The summed E-state index contributed by atoms with van der Waals surface area (Å²) in [6.45, 7) is 8.79. The molecule has 0 radical (unpaired) electrons. The first-order valence-electron chi connectivity index (χ1n) is 7.08. The number of nitrogens with one attached hydrogen (secondary N) is 1. The molecular weight excluding hydrogens is 240 g/mol. The van der Waals surface area contributed by atoms with Gasteiger partial charge < -0.3 is 5.32 Å². The Bertz CT molecular complexity index is 380. The van der Waals surface area contributed by atoms with E-state index in [9.17, 15) is 0 Å². The van der Waals surface area contributed by atoms with Gasteiger partial charge in [-0.2, -0.15) is 0 Å². The van der Waals surface area contributed by atoms with E-state index < -0.39 is 0 Å². The topological polar surface area (TPSA) is 15.3 Å². The van der Waals surface area contributed by atoms with Crippen LogP contribution in [-0.4, -0.2) is 24.0 Å². The summed E-state index contributed by atoms with van der Waals surface area (Å²) >= 11 is 1.95. The molecule has 1 aromatic heterocycles. The molecule has 1 N–H and O–H groups in total. The molecule has 0 amide bonds. The van der Waals surface area contributed by atoms with Crippen LogP contribution in [0.5, 0.6) is 0 Å². The summed E-state index contributed by atoms with van der Waals surface area (Å²) < 4.78 is 0. The molecule has 0 unspecified atom stereocenters. The average molecular weight is 266 g/mol. The number of aryl methyl sites for hydroxylation is 1. The summed E-state index contributed by atoms with van der Waals surface area (Å²) in [5.74, 6) is 0. The molecule has 1 fully saturated rings. The zero-order valence-electron chi connectivity index (χ0n) is 12.1. The van der Waals surface area contributed by atoms with Crippen molar-refractivity contribution in [1.82, 2.24) is 10.2 Å². The van der Waals surface area contributed by atoms with Crippen molar-refractivity contribution in [3.63, 3.8) is 0 Å². The fourth-order valence-electron chi connectivity index (χ4n) is 2.36. The van der Waals surface area contributed by atoms with Crippen LogP contribution in [0.25, 0.3) is 0 Å². The van der Waals surface area contributed by atoms with E-state index in [0.29, 0.717) is 6.04 Å². The third-order valence-electron chi connectivity index (χ3n) is 3.87. The molecule has 0 aromatic carbocycles. The summed E-state index contributed by atoms with van der Waals surface area (Å²) in [7, 11) is 2.27. The third-order valence-corrected chi connectivity index (χ3v) is 4.97. The zero-order chi connectivity index (χ0) is 13.1. The van der Waals surface area contributed by atoms with Gasteiger partial charge in [0.05, 0.1) is 0 Å². The first-order valence-corrected chi connectivity index (χ1v) is 7.89. The molecule has 0 bridgehead atoms.